The molecule has 18 heavy (non-hydrogen) atoms. The first-order valence-corrected chi connectivity index (χ1v) is 5.63. The zero-order chi connectivity index (χ0) is 13.1. The standard InChI is InChI=1S/C12H14F2N2O2/c1-18-7-5-10(15-6-7)12(17)16-9-4-2-3-8(13)11(9)14/h2-4,7,10,15H,5-6H2,1H3,(H,16,17). The summed E-state index contributed by atoms with van der Waals surface area (Å²) in [5.41, 5.74) is -0.150. The molecule has 0 aromatic heterocycles. The molecule has 1 aliphatic rings. The summed E-state index contributed by atoms with van der Waals surface area (Å²) in [4.78, 5) is 11.8. The molecule has 2 atom stereocenters. The van der Waals surface area contributed by atoms with E-state index < -0.39 is 17.7 Å². The van der Waals surface area contributed by atoms with Crippen LogP contribution in [0.1, 0.15) is 6.42 Å². The molecule has 1 aromatic rings. The van der Waals surface area contributed by atoms with Crippen molar-refractivity contribution in [2.75, 3.05) is 19.0 Å². The minimum absolute atomic E-state index is 0.0295. The Morgan fingerprint density at radius 1 is 1.50 bits per heavy atom. The van der Waals surface area contributed by atoms with Crippen LogP contribution in [-0.4, -0.2) is 31.7 Å². The molecule has 0 bridgehead atoms. The molecule has 0 aliphatic carbocycles. The number of carbonyl (C=O) groups excluding carboxylic acids is 1. The van der Waals surface area contributed by atoms with Crippen LogP contribution in [0.2, 0.25) is 0 Å². The smallest absolute Gasteiger partial charge is 0.241 e. The first-order chi connectivity index (χ1) is 8.61. The zero-order valence-corrected chi connectivity index (χ0v) is 9.87. The Kier molecular flexibility index (Phi) is 3.88. The summed E-state index contributed by atoms with van der Waals surface area (Å²) in [6.07, 6.45) is 0.484. The maximum absolute atomic E-state index is 13.4. The van der Waals surface area contributed by atoms with E-state index in [9.17, 15) is 13.6 Å². The minimum atomic E-state index is -1.05. The Balaban J connectivity index is 2.01. The Bertz CT molecular complexity index is 454. The third-order valence-electron chi connectivity index (χ3n) is 2.95. The van der Waals surface area contributed by atoms with E-state index in [-0.39, 0.29) is 17.7 Å². The number of ether oxygens (including phenoxy) is 1. The second-order valence-electron chi connectivity index (χ2n) is 4.14. The van der Waals surface area contributed by atoms with Gasteiger partial charge in [-0.2, -0.15) is 0 Å². The van der Waals surface area contributed by atoms with Gasteiger partial charge in [0.2, 0.25) is 5.91 Å². The summed E-state index contributed by atoms with van der Waals surface area (Å²) in [5.74, 6) is -2.42. The quantitative estimate of drug-likeness (QED) is 0.856. The summed E-state index contributed by atoms with van der Waals surface area (Å²) in [7, 11) is 1.57. The molecule has 0 radical (unpaired) electrons. The highest BCUT2D eigenvalue weighted by Gasteiger charge is 2.29. The Morgan fingerprint density at radius 2 is 2.28 bits per heavy atom. The van der Waals surface area contributed by atoms with Gasteiger partial charge in [-0.3, -0.25) is 4.79 Å². The summed E-state index contributed by atoms with van der Waals surface area (Å²) < 4.78 is 31.4. The fraction of sp³-hybridized carbons (Fsp3) is 0.417. The Hall–Kier alpha value is -1.53. The van der Waals surface area contributed by atoms with Gasteiger partial charge in [-0.25, -0.2) is 8.78 Å². The molecule has 98 valence electrons. The predicted molar refractivity (Wildman–Crippen MR) is 62.2 cm³/mol. The summed E-state index contributed by atoms with van der Waals surface area (Å²) >= 11 is 0. The number of carbonyl (C=O) groups is 1. The first-order valence-electron chi connectivity index (χ1n) is 5.63. The molecule has 0 saturated carbocycles. The molecule has 1 aliphatic heterocycles. The largest absolute Gasteiger partial charge is 0.380 e. The van der Waals surface area contributed by atoms with Gasteiger partial charge in [-0.1, -0.05) is 6.07 Å². The maximum Gasteiger partial charge on any atom is 0.241 e. The number of methoxy groups -OCH3 is 1. The van der Waals surface area contributed by atoms with Crippen molar-refractivity contribution in [1.29, 1.82) is 0 Å². The van der Waals surface area contributed by atoms with Crippen molar-refractivity contribution in [3.05, 3.63) is 29.8 Å². The number of amides is 1. The maximum atomic E-state index is 13.4. The lowest BCUT2D eigenvalue weighted by molar-refractivity contribution is -0.118. The molecule has 2 rings (SSSR count). The lowest BCUT2D eigenvalue weighted by Crippen LogP contribution is -2.35. The number of anilines is 1. The number of hydrogen-bond acceptors (Lipinski definition) is 3. The van der Waals surface area contributed by atoms with E-state index >= 15 is 0 Å². The number of hydrogen-bond donors (Lipinski definition) is 2. The average molecular weight is 256 g/mol. The molecule has 1 saturated heterocycles. The SMILES string of the molecule is COC1CNC(C(=O)Nc2cccc(F)c2F)C1. The highest BCUT2D eigenvalue weighted by atomic mass is 19.2. The van der Waals surface area contributed by atoms with Crippen molar-refractivity contribution >= 4 is 11.6 Å². The lowest BCUT2D eigenvalue weighted by atomic mass is 10.2. The molecule has 6 heteroatoms. The van der Waals surface area contributed by atoms with Crippen molar-refractivity contribution in [2.24, 2.45) is 0 Å². The van der Waals surface area contributed by atoms with Gasteiger partial charge in [0, 0.05) is 13.7 Å². The fourth-order valence-corrected chi connectivity index (χ4v) is 1.90. The van der Waals surface area contributed by atoms with Gasteiger partial charge in [0.1, 0.15) is 0 Å². The van der Waals surface area contributed by atoms with Gasteiger partial charge < -0.3 is 15.4 Å². The third-order valence-corrected chi connectivity index (χ3v) is 2.95. The normalized spacial score (nSPS) is 23.1. The van der Waals surface area contributed by atoms with E-state index in [1.54, 1.807) is 7.11 Å². The predicted octanol–water partition coefficient (Wildman–Crippen LogP) is 1.28. The van der Waals surface area contributed by atoms with Gasteiger partial charge >= 0.3 is 0 Å². The van der Waals surface area contributed by atoms with Crippen LogP contribution in [0.5, 0.6) is 0 Å². The molecule has 0 spiro atoms. The molecule has 2 N–H and O–H groups in total. The molecule has 1 heterocycles. The monoisotopic (exact) mass is 256 g/mol. The van der Waals surface area contributed by atoms with E-state index in [4.69, 9.17) is 4.74 Å². The van der Waals surface area contributed by atoms with Crippen LogP contribution in [-0.2, 0) is 9.53 Å². The van der Waals surface area contributed by atoms with E-state index in [2.05, 4.69) is 10.6 Å². The highest BCUT2D eigenvalue weighted by molar-refractivity contribution is 5.95. The van der Waals surface area contributed by atoms with Crippen LogP contribution < -0.4 is 10.6 Å². The number of halogens is 2. The summed E-state index contributed by atoms with van der Waals surface area (Å²) in [5, 5.41) is 5.32. The van der Waals surface area contributed by atoms with Crippen molar-refractivity contribution in [3.8, 4) is 0 Å². The molecular formula is C12H14F2N2O2. The molecular weight excluding hydrogens is 242 g/mol. The average Bonchev–Trinajstić information content (AvgIpc) is 2.83. The molecule has 1 aromatic carbocycles. The molecule has 2 unspecified atom stereocenters. The Morgan fingerprint density at radius 3 is 2.94 bits per heavy atom. The third kappa shape index (κ3) is 2.65. The Labute approximate surface area is 103 Å². The van der Waals surface area contributed by atoms with Crippen molar-refractivity contribution < 1.29 is 18.3 Å². The van der Waals surface area contributed by atoms with Crippen LogP contribution in [0.15, 0.2) is 18.2 Å². The van der Waals surface area contributed by atoms with Gasteiger partial charge in [0.15, 0.2) is 11.6 Å². The minimum Gasteiger partial charge on any atom is -0.380 e. The van der Waals surface area contributed by atoms with Crippen molar-refractivity contribution in [1.82, 2.24) is 5.32 Å². The van der Waals surface area contributed by atoms with Crippen LogP contribution in [0.25, 0.3) is 0 Å². The van der Waals surface area contributed by atoms with Crippen LogP contribution >= 0.6 is 0 Å². The summed E-state index contributed by atoms with van der Waals surface area (Å²) in [6, 6.07) is 3.21. The van der Waals surface area contributed by atoms with Crippen LogP contribution in [0.4, 0.5) is 14.5 Å². The number of rotatable bonds is 3. The highest BCUT2D eigenvalue weighted by Crippen LogP contribution is 2.18. The topological polar surface area (TPSA) is 50.4 Å². The van der Waals surface area contributed by atoms with Crippen molar-refractivity contribution in [2.45, 2.75) is 18.6 Å². The second-order valence-corrected chi connectivity index (χ2v) is 4.14. The number of nitrogens with one attached hydrogen (secondary N) is 2. The van der Waals surface area contributed by atoms with E-state index in [1.165, 1.54) is 12.1 Å². The van der Waals surface area contributed by atoms with Gasteiger partial charge in [-0.15, -0.1) is 0 Å². The zero-order valence-electron chi connectivity index (χ0n) is 9.87. The van der Waals surface area contributed by atoms with Crippen molar-refractivity contribution in [3.63, 3.8) is 0 Å². The van der Waals surface area contributed by atoms with Crippen LogP contribution in [0, 0.1) is 11.6 Å². The lowest BCUT2D eigenvalue weighted by Gasteiger charge is -2.12. The second kappa shape index (κ2) is 5.41. The van der Waals surface area contributed by atoms with Crippen LogP contribution in [0.3, 0.4) is 0 Å². The van der Waals surface area contributed by atoms with Gasteiger partial charge in [0.25, 0.3) is 0 Å². The molecule has 1 fully saturated rings. The van der Waals surface area contributed by atoms with E-state index in [0.717, 1.165) is 6.07 Å². The molecule has 4 nitrogen and oxygen atoms in total. The van der Waals surface area contributed by atoms with E-state index in [1.807, 2.05) is 0 Å². The van der Waals surface area contributed by atoms with Gasteiger partial charge in [0.05, 0.1) is 17.8 Å². The molecule has 1 amide bonds. The fourth-order valence-electron chi connectivity index (χ4n) is 1.90. The summed E-state index contributed by atoms with van der Waals surface area (Å²) in [6.45, 7) is 0.570. The number of benzene rings is 1. The van der Waals surface area contributed by atoms with E-state index in [0.29, 0.717) is 13.0 Å². The van der Waals surface area contributed by atoms with Gasteiger partial charge in [-0.05, 0) is 18.6 Å². The first kappa shape index (κ1) is 12.9.